The lowest BCUT2D eigenvalue weighted by atomic mass is 9.93. The van der Waals surface area contributed by atoms with E-state index in [1.54, 1.807) is 0 Å². The van der Waals surface area contributed by atoms with E-state index >= 15 is 0 Å². The van der Waals surface area contributed by atoms with Crippen LogP contribution in [0.15, 0.2) is 6.07 Å². The van der Waals surface area contributed by atoms with Crippen molar-refractivity contribution in [1.82, 2.24) is 5.32 Å². The van der Waals surface area contributed by atoms with Crippen LogP contribution in [0.1, 0.15) is 37.3 Å². The predicted molar refractivity (Wildman–Crippen MR) is 78.8 cm³/mol. The molecule has 0 radical (unpaired) electrons. The van der Waals surface area contributed by atoms with Crippen LogP contribution >= 0.6 is 11.6 Å². The molecule has 2 rings (SSSR count). The number of fused-ring (bicyclic) bond motifs is 1. The molecule has 0 fully saturated rings. The van der Waals surface area contributed by atoms with Crippen molar-refractivity contribution < 1.29 is 9.47 Å². The molecule has 106 valence electrons. The van der Waals surface area contributed by atoms with E-state index in [-0.39, 0.29) is 0 Å². The Morgan fingerprint density at radius 3 is 2.58 bits per heavy atom. The van der Waals surface area contributed by atoms with Crippen LogP contribution in [0, 0.1) is 0 Å². The van der Waals surface area contributed by atoms with Gasteiger partial charge in [0, 0.05) is 12.0 Å². The number of ether oxygens (including phenoxy) is 2. The molecule has 3 nitrogen and oxygen atoms in total. The molecular formula is C15H22ClNO2. The number of hydrogen-bond donors (Lipinski definition) is 1. The van der Waals surface area contributed by atoms with E-state index < -0.39 is 0 Å². The number of likely N-dealkylation sites (N-methyl/N-ethyl adjacent to an activating group) is 1. The van der Waals surface area contributed by atoms with Gasteiger partial charge in [0.15, 0.2) is 11.5 Å². The van der Waals surface area contributed by atoms with Crippen LogP contribution in [0.5, 0.6) is 11.5 Å². The Balaban J connectivity index is 2.50. The zero-order valence-electron chi connectivity index (χ0n) is 11.9. The maximum Gasteiger partial charge on any atom is 0.180 e. The van der Waals surface area contributed by atoms with Gasteiger partial charge in [-0.25, -0.2) is 0 Å². The predicted octanol–water partition coefficient (Wildman–Crippen LogP) is 3.39. The fraction of sp³-hybridized carbons (Fsp3) is 0.600. The first-order valence-corrected chi connectivity index (χ1v) is 7.28. The van der Waals surface area contributed by atoms with Crippen molar-refractivity contribution in [2.45, 2.75) is 32.6 Å². The Morgan fingerprint density at radius 1 is 1.26 bits per heavy atom. The number of nitrogens with one attached hydrogen (secondary N) is 1. The second-order valence-corrected chi connectivity index (χ2v) is 5.56. The fourth-order valence-corrected chi connectivity index (χ4v) is 2.73. The minimum atomic E-state index is 0.388. The average Bonchev–Trinajstić information content (AvgIpc) is 2.61. The lowest BCUT2D eigenvalue weighted by molar-refractivity contribution is 0.295. The van der Waals surface area contributed by atoms with Crippen LogP contribution in [0.4, 0.5) is 0 Å². The molecule has 0 amide bonds. The van der Waals surface area contributed by atoms with Crippen LogP contribution in [0.25, 0.3) is 0 Å². The van der Waals surface area contributed by atoms with E-state index in [4.69, 9.17) is 21.1 Å². The van der Waals surface area contributed by atoms with Crippen LogP contribution in [0.3, 0.4) is 0 Å². The van der Waals surface area contributed by atoms with E-state index in [1.165, 1.54) is 11.1 Å². The highest BCUT2D eigenvalue weighted by Gasteiger charge is 2.23. The van der Waals surface area contributed by atoms with Crippen molar-refractivity contribution >= 4 is 11.6 Å². The van der Waals surface area contributed by atoms with Gasteiger partial charge in [-0.05, 0) is 37.6 Å². The Morgan fingerprint density at radius 2 is 1.95 bits per heavy atom. The molecule has 0 bridgehead atoms. The normalized spacial score (nSPS) is 14.6. The maximum atomic E-state index is 6.35. The van der Waals surface area contributed by atoms with Gasteiger partial charge in [-0.3, -0.25) is 0 Å². The van der Waals surface area contributed by atoms with E-state index in [0.29, 0.717) is 24.2 Å². The summed E-state index contributed by atoms with van der Waals surface area (Å²) in [6.45, 7) is 6.65. The molecule has 0 atom stereocenters. The van der Waals surface area contributed by atoms with Gasteiger partial charge < -0.3 is 14.8 Å². The van der Waals surface area contributed by atoms with Crippen LogP contribution in [-0.2, 0) is 6.42 Å². The second-order valence-electron chi connectivity index (χ2n) is 5.15. The van der Waals surface area contributed by atoms with Gasteiger partial charge >= 0.3 is 0 Å². The topological polar surface area (TPSA) is 30.5 Å². The average molecular weight is 284 g/mol. The number of rotatable bonds is 4. The van der Waals surface area contributed by atoms with Gasteiger partial charge in [0.2, 0.25) is 0 Å². The second kappa shape index (κ2) is 6.49. The quantitative estimate of drug-likeness (QED) is 0.919. The van der Waals surface area contributed by atoms with Crippen LogP contribution in [-0.4, -0.2) is 26.8 Å². The monoisotopic (exact) mass is 283 g/mol. The van der Waals surface area contributed by atoms with Crippen LogP contribution in [0.2, 0.25) is 5.02 Å². The minimum absolute atomic E-state index is 0.388. The number of benzene rings is 1. The molecule has 0 unspecified atom stereocenters. The first-order chi connectivity index (χ1) is 9.15. The third kappa shape index (κ3) is 3.15. The summed E-state index contributed by atoms with van der Waals surface area (Å²) in [6.07, 6.45) is 1.84. The first kappa shape index (κ1) is 14.5. The smallest absolute Gasteiger partial charge is 0.180 e. The number of halogens is 1. The molecule has 0 saturated heterocycles. The molecule has 4 heteroatoms. The highest BCUT2D eigenvalue weighted by molar-refractivity contribution is 6.32. The summed E-state index contributed by atoms with van der Waals surface area (Å²) < 4.78 is 11.7. The summed E-state index contributed by atoms with van der Waals surface area (Å²) >= 11 is 6.35. The van der Waals surface area contributed by atoms with Crippen molar-refractivity contribution in [3.8, 4) is 11.5 Å². The van der Waals surface area contributed by atoms with E-state index in [9.17, 15) is 0 Å². The third-order valence-corrected chi connectivity index (χ3v) is 3.60. The van der Waals surface area contributed by atoms with Gasteiger partial charge in [-0.15, -0.1) is 0 Å². The van der Waals surface area contributed by atoms with Gasteiger partial charge in [-0.1, -0.05) is 25.4 Å². The summed E-state index contributed by atoms with van der Waals surface area (Å²) in [6, 6.07) is 2.03. The van der Waals surface area contributed by atoms with Gasteiger partial charge in [0.25, 0.3) is 0 Å². The Kier molecular flexibility index (Phi) is 4.94. The molecule has 0 aromatic heterocycles. The molecule has 1 heterocycles. The number of hydrogen-bond acceptors (Lipinski definition) is 3. The van der Waals surface area contributed by atoms with Crippen molar-refractivity contribution in [2.75, 3.05) is 26.8 Å². The highest BCUT2D eigenvalue weighted by Crippen LogP contribution is 2.44. The molecule has 1 aliphatic heterocycles. The molecule has 1 aromatic carbocycles. The van der Waals surface area contributed by atoms with Gasteiger partial charge in [-0.2, -0.15) is 0 Å². The Hall–Kier alpha value is -0.930. The third-order valence-electron chi connectivity index (χ3n) is 3.32. The van der Waals surface area contributed by atoms with Crippen molar-refractivity contribution in [1.29, 1.82) is 0 Å². The maximum absolute atomic E-state index is 6.35. The highest BCUT2D eigenvalue weighted by atomic mass is 35.5. The summed E-state index contributed by atoms with van der Waals surface area (Å²) in [5.41, 5.74) is 2.48. The largest absolute Gasteiger partial charge is 0.489 e. The summed E-state index contributed by atoms with van der Waals surface area (Å²) in [4.78, 5) is 0. The summed E-state index contributed by atoms with van der Waals surface area (Å²) in [5.74, 6) is 1.96. The standard InChI is InChI=1S/C15H22ClNO2/c1-10(2)13-11(5-6-17-3)9-12(16)14-15(13)19-8-4-7-18-14/h9-10,17H,4-8H2,1-3H3. The van der Waals surface area contributed by atoms with Crippen LogP contribution < -0.4 is 14.8 Å². The fourth-order valence-electron chi connectivity index (χ4n) is 2.46. The molecule has 0 spiro atoms. The van der Waals surface area contributed by atoms with Crippen molar-refractivity contribution in [3.63, 3.8) is 0 Å². The molecular weight excluding hydrogens is 262 g/mol. The molecule has 1 aliphatic rings. The molecule has 0 saturated carbocycles. The summed E-state index contributed by atoms with van der Waals surface area (Å²) in [5, 5.41) is 3.84. The Labute approximate surface area is 120 Å². The zero-order chi connectivity index (χ0) is 13.8. The van der Waals surface area contributed by atoms with Gasteiger partial charge in [0.1, 0.15) is 0 Å². The van der Waals surface area contributed by atoms with E-state index in [1.807, 2.05) is 13.1 Å². The van der Waals surface area contributed by atoms with Crippen molar-refractivity contribution in [2.24, 2.45) is 0 Å². The van der Waals surface area contributed by atoms with Gasteiger partial charge in [0.05, 0.1) is 18.2 Å². The van der Waals surface area contributed by atoms with E-state index in [0.717, 1.165) is 30.9 Å². The SMILES string of the molecule is CNCCc1cc(Cl)c2c(c1C(C)C)OCCCO2. The summed E-state index contributed by atoms with van der Waals surface area (Å²) in [7, 11) is 1.96. The zero-order valence-corrected chi connectivity index (χ0v) is 12.6. The first-order valence-electron chi connectivity index (χ1n) is 6.90. The van der Waals surface area contributed by atoms with E-state index in [2.05, 4.69) is 19.2 Å². The molecule has 1 N–H and O–H groups in total. The van der Waals surface area contributed by atoms with Crippen molar-refractivity contribution in [3.05, 3.63) is 22.2 Å². The Bertz CT molecular complexity index is 446. The minimum Gasteiger partial charge on any atom is -0.489 e. The lowest BCUT2D eigenvalue weighted by Gasteiger charge is -2.20. The molecule has 19 heavy (non-hydrogen) atoms. The molecule has 1 aromatic rings. The molecule has 0 aliphatic carbocycles. The lowest BCUT2D eigenvalue weighted by Crippen LogP contribution is -2.13.